The molecule has 0 aromatic heterocycles. The molecular weight excluding hydrogens is 790 g/mol. The first-order valence-electron chi connectivity index (χ1n) is 16.8. The third-order valence-electron chi connectivity index (χ3n) is 9.64. The number of rotatable bonds is 15. The number of aliphatic carboxylic acids is 2. The summed E-state index contributed by atoms with van der Waals surface area (Å²) in [5.41, 5.74) is 4.65. The number of carboxylic acid groups (broad SMARTS) is 2. The first-order valence-corrected chi connectivity index (χ1v) is 19.0. The van der Waals surface area contributed by atoms with Gasteiger partial charge in [0.25, 0.3) is 0 Å². The number of nitrogens with zero attached hydrogens (tertiary/aromatic N) is 2. The molecule has 0 radical (unpaired) electrons. The Kier molecular flexibility index (Phi) is 19.1. The summed E-state index contributed by atoms with van der Waals surface area (Å²) in [6.07, 6.45) is 11.6. The van der Waals surface area contributed by atoms with Crippen molar-refractivity contribution in [3.8, 4) is 0 Å². The minimum atomic E-state index is -5.03. The molecule has 280 valence electrons. The predicted molar refractivity (Wildman–Crippen MR) is 194 cm³/mol. The fourth-order valence-electron chi connectivity index (χ4n) is 7.28. The molecule has 0 amide bonds. The number of carbonyl (C=O) groups excluding carboxylic acids is 2. The molecule has 0 unspecified atom stereocenters. The molecule has 5 rings (SSSR count). The average molecular weight is 829 g/mol. The first kappa shape index (κ1) is 50.6. The van der Waals surface area contributed by atoms with E-state index in [1.54, 1.807) is 22.8 Å². The van der Waals surface area contributed by atoms with Crippen LogP contribution in [0.4, 0.5) is 11.4 Å². The molecule has 0 saturated carbocycles. The number of hydrogen-bond donors (Lipinski definition) is 0. The predicted octanol–water partition coefficient (Wildman–Crippen LogP) is -5.23. The van der Waals surface area contributed by atoms with Gasteiger partial charge in [-0.1, -0.05) is 61.9 Å². The van der Waals surface area contributed by atoms with E-state index in [1.165, 1.54) is 0 Å². The topological polar surface area (TPSA) is 185 Å². The smallest absolute Gasteiger partial charge is 0.744 e. The molecule has 0 fully saturated rings. The maximum Gasteiger partial charge on any atom is 1.00 e. The summed E-state index contributed by atoms with van der Waals surface area (Å²) in [6.45, 7) is 10.5. The van der Waals surface area contributed by atoms with Gasteiger partial charge in [-0.2, -0.15) is 8.91 Å². The van der Waals surface area contributed by atoms with E-state index < -0.39 is 32.4 Å². The summed E-state index contributed by atoms with van der Waals surface area (Å²) in [4.78, 5) is 24.5. The number of fused-ring (bicyclic) bond motifs is 4. The number of carboxylic acids is 2. The molecule has 0 bridgehead atoms. The Balaban J connectivity index is 0.00000361. The minimum Gasteiger partial charge on any atom is -0.744 e. The first-order chi connectivity index (χ1) is 25.0. The number of benzene rings is 3. The van der Waals surface area contributed by atoms with Crippen molar-refractivity contribution in [2.24, 2.45) is 0 Å². The minimum absolute atomic E-state index is 0. The van der Waals surface area contributed by atoms with Crippen LogP contribution in [0.25, 0.3) is 10.8 Å². The van der Waals surface area contributed by atoms with Gasteiger partial charge in [-0.25, -0.2) is 8.42 Å². The van der Waals surface area contributed by atoms with E-state index in [-0.39, 0.29) is 124 Å². The van der Waals surface area contributed by atoms with Crippen molar-refractivity contribution in [2.45, 2.75) is 74.5 Å². The molecule has 2 heterocycles. The van der Waals surface area contributed by atoms with Gasteiger partial charge in [0.2, 0.25) is 5.69 Å². The number of carbonyl (C=O) groups is 2. The van der Waals surface area contributed by atoms with E-state index in [4.69, 9.17) is 0 Å². The van der Waals surface area contributed by atoms with Crippen molar-refractivity contribution in [3.63, 3.8) is 0 Å². The largest absolute Gasteiger partial charge is 1.00 e. The Morgan fingerprint density at radius 2 is 1.62 bits per heavy atom. The van der Waals surface area contributed by atoms with Gasteiger partial charge in [0.1, 0.15) is 10.1 Å². The second-order valence-electron chi connectivity index (χ2n) is 13.9. The summed E-state index contributed by atoms with van der Waals surface area (Å²) in [7, 11) is -5.03. The van der Waals surface area contributed by atoms with Gasteiger partial charge in [0.15, 0.2) is 12.3 Å². The molecule has 56 heavy (non-hydrogen) atoms. The number of hydrogen-bond acceptors (Lipinski definition) is 12. The standard InChI is InChI=1S/C39H42N2O10S2.3Na/c1-25(11-8-15-32-38(2,3)28-13-6-7-14-29(28)40(32)21-10-17-34(42)43)12-9-16-33-39(4,5)37-30(41(33)22-20-35(44)45)19-18-26-23-27(52-51-50-46)24-31(36(26)37)53(47,48)49;;;/h6-9,11-16,18-19,23-24H,10,17,20-22H2,1-5H3,(H3-,42,43,44,45,46,47,48,49);;;/q;3*+1/p-3. The van der Waals surface area contributed by atoms with Gasteiger partial charge in [-0.3, -0.25) is 5.04 Å². The summed E-state index contributed by atoms with van der Waals surface area (Å²) < 4.78 is 43.9. The molecule has 12 nitrogen and oxygen atoms in total. The van der Waals surface area contributed by atoms with Gasteiger partial charge in [0, 0.05) is 69.7 Å². The van der Waals surface area contributed by atoms with Crippen LogP contribution in [0.5, 0.6) is 0 Å². The van der Waals surface area contributed by atoms with Crippen molar-refractivity contribution >= 4 is 62.0 Å². The molecule has 0 saturated heterocycles. The molecule has 3 aromatic rings. The van der Waals surface area contributed by atoms with Gasteiger partial charge >= 0.3 is 88.7 Å². The Bertz CT molecular complexity index is 2230. The van der Waals surface area contributed by atoms with Crippen LogP contribution < -0.4 is 109 Å². The quantitative estimate of drug-likeness (QED) is 0.0270. The molecule has 2 aliphatic heterocycles. The Hall–Kier alpha value is -1.57. The van der Waals surface area contributed by atoms with Crippen molar-refractivity contribution in [3.05, 3.63) is 107 Å². The summed E-state index contributed by atoms with van der Waals surface area (Å²) in [6, 6.07) is 14.1. The average Bonchev–Trinajstić information content (AvgIpc) is 3.43. The SMILES string of the molecule is CC(/C=C/C=C1/N(CCCC(=O)[O-])c2ccccc2C1(C)C)=C\C=C\C1=[N+](CCC(=O)[O-])c2ccc3cc(SOO[O-])cc(S(=O)(=O)[O-])c3c2C1(C)C.[Na+].[Na+].[Na+]. The number of para-hydroxylation sites is 1. The maximum atomic E-state index is 12.6. The second-order valence-corrected chi connectivity index (χ2v) is 16.0. The second kappa shape index (κ2) is 21.1. The van der Waals surface area contributed by atoms with Crippen LogP contribution in [0, 0.1) is 0 Å². The molecule has 0 N–H and O–H groups in total. The van der Waals surface area contributed by atoms with E-state index in [0.717, 1.165) is 28.6 Å². The molecule has 0 aliphatic carbocycles. The zero-order valence-electron chi connectivity index (χ0n) is 32.9. The van der Waals surface area contributed by atoms with E-state index >= 15 is 0 Å². The van der Waals surface area contributed by atoms with E-state index in [1.807, 2.05) is 75.4 Å². The van der Waals surface area contributed by atoms with Crippen LogP contribution in [0.1, 0.15) is 65.0 Å². The van der Waals surface area contributed by atoms with E-state index in [9.17, 15) is 38.0 Å². The Morgan fingerprint density at radius 3 is 2.27 bits per heavy atom. The van der Waals surface area contributed by atoms with Crippen LogP contribution in [-0.4, -0.2) is 48.3 Å². The van der Waals surface area contributed by atoms with Crippen LogP contribution >= 0.6 is 12.0 Å². The molecule has 3 aromatic carbocycles. The van der Waals surface area contributed by atoms with Crippen molar-refractivity contribution < 1.29 is 141 Å². The van der Waals surface area contributed by atoms with Gasteiger partial charge in [-0.15, -0.1) is 0 Å². The van der Waals surface area contributed by atoms with Crippen LogP contribution in [0.2, 0.25) is 0 Å². The van der Waals surface area contributed by atoms with Crippen LogP contribution in [0.15, 0.2) is 106 Å². The van der Waals surface area contributed by atoms with Gasteiger partial charge in [0.05, 0.1) is 22.4 Å². The van der Waals surface area contributed by atoms with Gasteiger partial charge < -0.3 is 34.5 Å². The molecule has 0 atom stereocenters. The summed E-state index contributed by atoms with van der Waals surface area (Å²) >= 11 is 0.462. The zero-order valence-corrected chi connectivity index (χ0v) is 40.5. The van der Waals surface area contributed by atoms with Crippen LogP contribution in [0.3, 0.4) is 0 Å². The van der Waals surface area contributed by atoms with E-state index in [2.05, 4.69) is 34.2 Å². The van der Waals surface area contributed by atoms with Crippen LogP contribution in [-0.2, 0) is 39.9 Å². The monoisotopic (exact) mass is 828 g/mol. The maximum absolute atomic E-state index is 12.6. The van der Waals surface area contributed by atoms with Crippen molar-refractivity contribution in [2.75, 3.05) is 18.0 Å². The summed E-state index contributed by atoms with van der Waals surface area (Å²) in [5, 5.41) is 37.1. The molecule has 2 aliphatic rings. The molecule has 17 heteroatoms. The number of allylic oxidation sites excluding steroid dienone is 8. The molecule has 0 spiro atoms. The third kappa shape index (κ3) is 11.2. The molecular formula is C39H39N2Na3O10S2. The van der Waals surface area contributed by atoms with Crippen molar-refractivity contribution in [1.29, 1.82) is 0 Å². The fraction of sp³-hybridized carbons (Fsp3) is 0.308. The Morgan fingerprint density at radius 1 is 0.946 bits per heavy atom. The fourth-order valence-corrected chi connectivity index (χ4v) is 8.55. The van der Waals surface area contributed by atoms with Gasteiger partial charge in [-0.05, 0) is 74.9 Å². The van der Waals surface area contributed by atoms with E-state index in [0.29, 0.717) is 47.4 Å². The summed E-state index contributed by atoms with van der Waals surface area (Å²) in [5.74, 6) is -2.34. The Labute approximate surface area is 398 Å². The third-order valence-corrected chi connectivity index (χ3v) is 11.0. The van der Waals surface area contributed by atoms with Crippen molar-refractivity contribution in [1.82, 2.24) is 0 Å². The zero-order chi connectivity index (χ0) is 38.7. The normalized spacial score (nSPS) is 16.5. The number of anilines is 1.